The Morgan fingerprint density at radius 1 is 0.837 bits per heavy atom. The summed E-state index contributed by atoms with van der Waals surface area (Å²) in [5.41, 5.74) is 7.62. The minimum atomic E-state index is -0.946. The fourth-order valence-electron chi connectivity index (χ4n) is 6.33. The molecule has 1 aliphatic carbocycles. The molecular formula is C36H30ClN3O3. The van der Waals surface area contributed by atoms with Crippen molar-refractivity contribution in [3.05, 3.63) is 102 Å². The van der Waals surface area contributed by atoms with Gasteiger partial charge in [0.25, 0.3) is 0 Å². The third-order valence-corrected chi connectivity index (χ3v) is 8.70. The summed E-state index contributed by atoms with van der Waals surface area (Å²) in [7, 11) is 1.66. The molecule has 1 saturated carbocycles. The molecule has 0 saturated heterocycles. The number of aromatic nitrogens is 3. The Labute approximate surface area is 254 Å². The molecule has 1 aliphatic rings. The number of fused-ring (bicyclic) bond motifs is 2. The van der Waals surface area contributed by atoms with Gasteiger partial charge in [0, 0.05) is 27.6 Å². The van der Waals surface area contributed by atoms with Gasteiger partial charge >= 0.3 is 5.97 Å². The van der Waals surface area contributed by atoms with E-state index in [2.05, 4.69) is 22.8 Å². The van der Waals surface area contributed by atoms with Gasteiger partial charge in [-0.3, -0.25) is 0 Å². The molecule has 0 aliphatic heterocycles. The second-order valence-electron chi connectivity index (χ2n) is 11.1. The highest BCUT2D eigenvalue weighted by Gasteiger charge is 2.23. The number of carbonyl (C=O) groups is 1. The van der Waals surface area contributed by atoms with E-state index >= 15 is 0 Å². The van der Waals surface area contributed by atoms with Crippen molar-refractivity contribution < 1.29 is 14.6 Å². The Hall–Kier alpha value is -4.68. The lowest BCUT2D eigenvalue weighted by Gasteiger charge is -2.25. The average molecular weight is 588 g/mol. The van der Waals surface area contributed by atoms with Crippen molar-refractivity contribution in [2.24, 2.45) is 0 Å². The van der Waals surface area contributed by atoms with E-state index in [1.54, 1.807) is 19.2 Å². The van der Waals surface area contributed by atoms with Crippen LogP contribution in [0.2, 0.25) is 5.02 Å². The Balaban J connectivity index is 1.34. The molecule has 0 spiro atoms. The van der Waals surface area contributed by atoms with E-state index < -0.39 is 5.97 Å². The number of benzene rings is 4. The molecule has 1 fully saturated rings. The molecule has 1 N–H and O–H groups in total. The number of carboxylic acids is 1. The quantitative estimate of drug-likeness (QED) is 0.210. The summed E-state index contributed by atoms with van der Waals surface area (Å²) in [5.74, 6) is 0.676. The molecule has 0 radical (unpaired) electrons. The molecule has 6 nitrogen and oxygen atoms in total. The maximum absolute atomic E-state index is 11.7. The molecular weight excluding hydrogens is 558 g/mol. The summed E-state index contributed by atoms with van der Waals surface area (Å²) in [6.07, 6.45) is 5.80. The van der Waals surface area contributed by atoms with Gasteiger partial charge in [-0.2, -0.15) is 0 Å². The lowest BCUT2D eigenvalue weighted by atomic mass is 9.94. The summed E-state index contributed by atoms with van der Waals surface area (Å²) in [4.78, 5) is 21.8. The van der Waals surface area contributed by atoms with Crippen LogP contribution in [0.15, 0.2) is 91.0 Å². The normalized spacial score (nSPS) is 13.9. The molecule has 2 aromatic heterocycles. The molecule has 7 heteroatoms. The van der Waals surface area contributed by atoms with E-state index in [4.69, 9.17) is 26.3 Å². The molecule has 0 bridgehead atoms. The van der Waals surface area contributed by atoms with Gasteiger partial charge in [-0.15, -0.1) is 0 Å². The van der Waals surface area contributed by atoms with Gasteiger partial charge in [-0.25, -0.2) is 14.8 Å². The van der Waals surface area contributed by atoms with Crippen LogP contribution >= 0.6 is 11.6 Å². The lowest BCUT2D eigenvalue weighted by molar-refractivity contribution is 0.0697. The van der Waals surface area contributed by atoms with Crippen molar-refractivity contribution in [1.29, 1.82) is 0 Å². The van der Waals surface area contributed by atoms with Crippen molar-refractivity contribution in [2.75, 3.05) is 7.11 Å². The van der Waals surface area contributed by atoms with E-state index in [0.29, 0.717) is 16.6 Å². The lowest BCUT2D eigenvalue weighted by Crippen LogP contribution is -2.14. The predicted molar refractivity (Wildman–Crippen MR) is 172 cm³/mol. The number of rotatable bonds is 6. The molecule has 4 aromatic carbocycles. The van der Waals surface area contributed by atoms with Crippen molar-refractivity contribution in [2.45, 2.75) is 38.1 Å². The van der Waals surface area contributed by atoms with Crippen molar-refractivity contribution in [1.82, 2.24) is 14.5 Å². The number of ether oxygens (including phenoxy) is 1. The monoisotopic (exact) mass is 587 g/mol. The molecule has 0 atom stereocenters. The average Bonchev–Trinajstić information content (AvgIpc) is 3.43. The van der Waals surface area contributed by atoms with Crippen molar-refractivity contribution in [3.63, 3.8) is 0 Å². The third-order valence-electron chi connectivity index (χ3n) is 8.46. The summed E-state index contributed by atoms with van der Waals surface area (Å²) in [5, 5.41) is 11.3. The first kappa shape index (κ1) is 27.2. The van der Waals surface area contributed by atoms with Crippen LogP contribution in [0.4, 0.5) is 0 Å². The summed E-state index contributed by atoms with van der Waals surface area (Å²) in [6.45, 7) is 0. The number of hydrogen-bond acceptors (Lipinski definition) is 4. The molecule has 6 aromatic rings. The van der Waals surface area contributed by atoms with Gasteiger partial charge in [-0.1, -0.05) is 55.1 Å². The summed E-state index contributed by atoms with van der Waals surface area (Å²) in [6, 6.07) is 29.8. The van der Waals surface area contributed by atoms with Gasteiger partial charge in [0.2, 0.25) is 0 Å². The number of hydrogen-bond donors (Lipinski definition) is 1. The first-order chi connectivity index (χ1) is 21.0. The van der Waals surface area contributed by atoms with E-state index in [-0.39, 0.29) is 5.56 Å². The third kappa shape index (κ3) is 5.12. The molecule has 0 amide bonds. The number of pyridine rings is 1. The zero-order valence-electron chi connectivity index (χ0n) is 23.8. The SMILES string of the molecule is COc1ccc(-c2cccc(Cl)c2)c(-c2ccc3cc(-c4nc5cc(C(=O)O)ccc5n4C4CCCCC4)ccc3n2)c1. The van der Waals surface area contributed by atoms with E-state index in [0.717, 1.165) is 68.8 Å². The van der Waals surface area contributed by atoms with Crippen LogP contribution in [0.3, 0.4) is 0 Å². The number of imidazole rings is 1. The van der Waals surface area contributed by atoms with Crippen molar-refractivity contribution >= 4 is 39.5 Å². The van der Waals surface area contributed by atoms with Gasteiger partial charge < -0.3 is 14.4 Å². The highest BCUT2D eigenvalue weighted by molar-refractivity contribution is 6.30. The van der Waals surface area contributed by atoms with Gasteiger partial charge in [-0.05, 0) is 90.7 Å². The molecule has 214 valence electrons. The smallest absolute Gasteiger partial charge is 0.335 e. The van der Waals surface area contributed by atoms with Crippen molar-refractivity contribution in [3.8, 4) is 39.5 Å². The number of nitrogens with zero attached hydrogens (tertiary/aromatic N) is 3. The highest BCUT2D eigenvalue weighted by atomic mass is 35.5. The minimum Gasteiger partial charge on any atom is -0.497 e. The van der Waals surface area contributed by atoms with Crippen LogP contribution in [0, 0.1) is 0 Å². The van der Waals surface area contributed by atoms with E-state index in [1.165, 1.54) is 19.3 Å². The molecule has 7 rings (SSSR count). The number of carboxylic acid groups (broad SMARTS) is 1. The zero-order chi connectivity index (χ0) is 29.5. The Morgan fingerprint density at radius 3 is 2.49 bits per heavy atom. The van der Waals surface area contributed by atoms with Gasteiger partial charge in [0.05, 0.1) is 34.9 Å². The fraction of sp³-hybridized carbons (Fsp3) is 0.194. The number of halogens is 1. The minimum absolute atomic E-state index is 0.247. The fourth-order valence-corrected chi connectivity index (χ4v) is 6.52. The zero-order valence-corrected chi connectivity index (χ0v) is 24.5. The van der Waals surface area contributed by atoms with E-state index in [9.17, 15) is 9.90 Å². The summed E-state index contributed by atoms with van der Waals surface area (Å²) >= 11 is 6.33. The summed E-state index contributed by atoms with van der Waals surface area (Å²) < 4.78 is 7.88. The number of aromatic carboxylic acids is 1. The van der Waals surface area contributed by atoms with Crippen LogP contribution in [-0.4, -0.2) is 32.7 Å². The second-order valence-corrected chi connectivity index (χ2v) is 11.6. The highest BCUT2D eigenvalue weighted by Crippen LogP contribution is 2.38. The first-order valence-corrected chi connectivity index (χ1v) is 15.0. The van der Waals surface area contributed by atoms with E-state index in [1.807, 2.05) is 60.7 Å². The molecule has 43 heavy (non-hydrogen) atoms. The Bertz CT molecular complexity index is 2010. The van der Waals surface area contributed by atoms with Crippen LogP contribution < -0.4 is 4.74 Å². The largest absolute Gasteiger partial charge is 0.497 e. The predicted octanol–water partition coefficient (Wildman–Crippen LogP) is 9.45. The van der Waals surface area contributed by atoms with Gasteiger partial charge in [0.15, 0.2) is 0 Å². The van der Waals surface area contributed by atoms with Crippen LogP contribution in [-0.2, 0) is 0 Å². The Kier molecular flexibility index (Phi) is 7.07. The maximum Gasteiger partial charge on any atom is 0.335 e. The first-order valence-electron chi connectivity index (χ1n) is 14.6. The molecule has 2 heterocycles. The van der Waals surface area contributed by atoms with Gasteiger partial charge in [0.1, 0.15) is 11.6 Å². The Morgan fingerprint density at radius 2 is 1.70 bits per heavy atom. The second kappa shape index (κ2) is 11.2. The van der Waals surface area contributed by atoms with Crippen LogP contribution in [0.25, 0.3) is 55.7 Å². The van der Waals surface area contributed by atoms with Crippen LogP contribution in [0.5, 0.6) is 5.75 Å². The number of methoxy groups -OCH3 is 1. The molecule has 0 unspecified atom stereocenters. The standard InChI is InChI=1S/C36H30ClN3O3/c1-43-28-13-14-29(22-6-5-7-26(37)19-22)30(21-28)32-16-10-23-18-24(11-15-31(23)38-32)35-39-33-20-25(36(41)42)12-17-34(33)40(35)27-8-3-2-4-9-27/h5-7,10-21,27H,2-4,8-9H2,1H3,(H,41,42). The maximum atomic E-state index is 11.7. The van der Waals surface area contributed by atoms with Crippen LogP contribution in [0.1, 0.15) is 48.5 Å². The topological polar surface area (TPSA) is 77.2 Å².